The zero-order valence-electron chi connectivity index (χ0n) is 9.85. The molecule has 0 aromatic heterocycles. The number of esters is 2. The van der Waals surface area contributed by atoms with Gasteiger partial charge in [-0.2, -0.15) is 0 Å². The second kappa shape index (κ2) is 7.46. The van der Waals surface area contributed by atoms with E-state index in [1.54, 1.807) is 6.92 Å². The molecule has 5 nitrogen and oxygen atoms in total. The molecule has 1 saturated heterocycles. The maximum atomic E-state index is 11.1. The van der Waals surface area contributed by atoms with Crippen molar-refractivity contribution in [2.24, 2.45) is 5.92 Å². The molecular formula is C10H16O5V. The van der Waals surface area contributed by atoms with E-state index in [0.29, 0.717) is 6.42 Å². The number of rotatable bonds is 1. The van der Waals surface area contributed by atoms with E-state index in [1.165, 1.54) is 20.8 Å². The van der Waals surface area contributed by atoms with E-state index in [2.05, 4.69) is 0 Å². The number of hydrogen-bond acceptors (Lipinski definition) is 5. The zero-order valence-corrected chi connectivity index (χ0v) is 11.2. The van der Waals surface area contributed by atoms with Crippen molar-refractivity contribution < 1.29 is 42.4 Å². The van der Waals surface area contributed by atoms with Crippen LogP contribution in [0.5, 0.6) is 0 Å². The smallest absolute Gasteiger partial charge is 0.323 e. The van der Waals surface area contributed by atoms with Gasteiger partial charge in [-0.3, -0.25) is 9.59 Å². The minimum Gasteiger partial charge on any atom is -0.422 e. The molecule has 6 heteroatoms. The van der Waals surface area contributed by atoms with E-state index in [-0.39, 0.29) is 18.6 Å². The molecule has 0 atom stereocenters. The van der Waals surface area contributed by atoms with Gasteiger partial charge in [-0.25, -0.2) is 0 Å². The third-order valence-electron chi connectivity index (χ3n) is 1.67. The van der Waals surface area contributed by atoms with Crippen LogP contribution >= 0.6 is 0 Å². The van der Waals surface area contributed by atoms with Crippen LogP contribution in [-0.2, 0) is 42.4 Å². The summed E-state index contributed by atoms with van der Waals surface area (Å²) >= 11 is 0. The van der Waals surface area contributed by atoms with E-state index >= 15 is 0 Å². The minimum absolute atomic E-state index is 0. The Morgan fingerprint density at radius 3 is 1.81 bits per heavy atom. The van der Waals surface area contributed by atoms with E-state index in [4.69, 9.17) is 14.3 Å². The fraction of sp³-hybridized carbons (Fsp3) is 0.700. The van der Waals surface area contributed by atoms with Crippen molar-refractivity contribution in [2.75, 3.05) is 0 Å². The van der Waals surface area contributed by atoms with Gasteiger partial charge in [-0.15, -0.1) is 0 Å². The van der Waals surface area contributed by atoms with Gasteiger partial charge < -0.3 is 14.3 Å². The van der Waals surface area contributed by atoms with Crippen LogP contribution in [0.3, 0.4) is 0 Å². The Morgan fingerprint density at radius 2 is 1.56 bits per heavy atom. The summed E-state index contributed by atoms with van der Waals surface area (Å²) in [4.78, 5) is 31.1. The Morgan fingerprint density at radius 1 is 1.25 bits per heavy atom. The maximum absolute atomic E-state index is 11.1. The number of ether oxygens (including phenoxy) is 2. The fourth-order valence-corrected chi connectivity index (χ4v) is 1.08. The van der Waals surface area contributed by atoms with E-state index in [0.717, 1.165) is 6.29 Å². The molecule has 1 radical (unpaired) electrons. The quantitative estimate of drug-likeness (QED) is 0.403. The van der Waals surface area contributed by atoms with Gasteiger partial charge in [-0.1, -0.05) is 6.92 Å². The summed E-state index contributed by atoms with van der Waals surface area (Å²) in [5, 5.41) is 0. The molecule has 0 bridgehead atoms. The van der Waals surface area contributed by atoms with Crippen molar-refractivity contribution in [1.29, 1.82) is 0 Å². The molecule has 0 aliphatic carbocycles. The number of cyclic esters (lactones) is 2. The summed E-state index contributed by atoms with van der Waals surface area (Å²) in [7, 11) is 0. The molecule has 0 aromatic carbocycles. The van der Waals surface area contributed by atoms with Crippen LogP contribution in [0.25, 0.3) is 0 Å². The van der Waals surface area contributed by atoms with Gasteiger partial charge in [0.2, 0.25) is 0 Å². The molecule has 0 unspecified atom stereocenters. The largest absolute Gasteiger partial charge is 0.422 e. The molecule has 1 aliphatic heterocycles. The van der Waals surface area contributed by atoms with Gasteiger partial charge in [0, 0.05) is 32.4 Å². The van der Waals surface area contributed by atoms with E-state index in [1.807, 2.05) is 0 Å². The SMILES string of the molecule is CC=O.CCC1C(=O)OC(C)(C)OC1=O.[V]. The first-order valence-corrected chi connectivity index (χ1v) is 4.73. The first-order valence-electron chi connectivity index (χ1n) is 4.73. The van der Waals surface area contributed by atoms with Gasteiger partial charge in [0.1, 0.15) is 6.29 Å². The summed E-state index contributed by atoms with van der Waals surface area (Å²) in [6, 6.07) is 0. The molecule has 0 saturated carbocycles. The number of carbonyl (C=O) groups is 3. The monoisotopic (exact) mass is 267 g/mol. The second-order valence-corrected chi connectivity index (χ2v) is 3.44. The van der Waals surface area contributed by atoms with Gasteiger partial charge in [0.15, 0.2) is 5.92 Å². The Balaban J connectivity index is 0. The van der Waals surface area contributed by atoms with Crippen LogP contribution in [0.1, 0.15) is 34.1 Å². The van der Waals surface area contributed by atoms with Gasteiger partial charge in [-0.05, 0) is 13.3 Å². The summed E-state index contributed by atoms with van der Waals surface area (Å²) in [6.07, 6.45) is 1.17. The first-order chi connectivity index (χ1) is 6.87. The Kier molecular flexibility index (Phi) is 8.20. The van der Waals surface area contributed by atoms with Crippen LogP contribution in [0, 0.1) is 5.92 Å². The van der Waals surface area contributed by atoms with E-state index < -0.39 is 23.6 Å². The van der Waals surface area contributed by atoms with Crippen LogP contribution in [0.4, 0.5) is 0 Å². The van der Waals surface area contributed by atoms with Crippen molar-refractivity contribution >= 4 is 18.2 Å². The van der Waals surface area contributed by atoms with Crippen molar-refractivity contribution in [3.8, 4) is 0 Å². The molecule has 0 aromatic rings. The average Bonchev–Trinajstić information content (AvgIpc) is 2.02. The molecule has 16 heavy (non-hydrogen) atoms. The van der Waals surface area contributed by atoms with Gasteiger partial charge >= 0.3 is 11.9 Å². The Bertz CT molecular complexity index is 242. The van der Waals surface area contributed by atoms with Gasteiger partial charge in [0.05, 0.1) is 0 Å². The van der Waals surface area contributed by atoms with Crippen molar-refractivity contribution in [1.82, 2.24) is 0 Å². The normalized spacial score (nSPS) is 18.2. The summed E-state index contributed by atoms with van der Waals surface area (Å²) in [5.41, 5.74) is 0. The van der Waals surface area contributed by atoms with Crippen molar-refractivity contribution in [2.45, 2.75) is 39.9 Å². The second-order valence-electron chi connectivity index (χ2n) is 3.44. The predicted molar refractivity (Wildman–Crippen MR) is 51.8 cm³/mol. The number of aldehydes is 1. The molecule has 0 spiro atoms. The van der Waals surface area contributed by atoms with Crippen molar-refractivity contribution in [3.63, 3.8) is 0 Å². The zero-order chi connectivity index (χ0) is 12.1. The summed E-state index contributed by atoms with van der Waals surface area (Å²) < 4.78 is 9.73. The molecular weight excluding hydrogens is 251 g/mol. The van der Waals surface area contributed by atoms with Crippen LogP contribution in [0.15, 0.2) is 0 Å². The molecule has 1 rings (SSSR count). The summed E-state index contributed by atoms with van der Waals surface area (Å²) in [5.74, 6) is -2.81. The molecule has 0 amide bonds. The van der Waals surface area contributed by atoms with Crippen molar-refractivity contribution in [3.05, 3.63) is 0 Å². The molecule has 1 fully saturated rings. The average molecular weight is 267 g/mol. The minimum atomic E-state index is -1.10. The topological polar surface area (TPSA) is 69.7 Å². The standard InChI is InChI=1S/C8H12O4.C2H4O.V/c1-4-5-6(9)11-8(2,3)12-7(5)10;1-2-3;/h5H,4H2,1-3H3;2H,1H3;. The molecule has 91 valence electrons. The van der Waals surface area contributed by atoms with Gasteiger partial charge in [0.25, 0.3) is 5.79 Å². The van der Waals surface area contributed by atoms with Crippen LogP contribution in [-0.4, -0.2) is 24.0 Å². The summed E-state index contributed by atoms with van der Waals surface area (Å²) in [6.45, 7) is 6.26. The fourth-order valence-electron chi connectivity index (χ4n) is 1.08. The molecule has 1 aliphatic rings. The number of hydrogen-bond donors (Lipinski definition) is 0. The molecule has 1 heterocycles. The predicted octanol–water partition coefficient (Wildman–Crippen LogP) is 1.05. The third-order valence-corrected chi connectivity index (χ3v) is 1.67. The first kappa shape index (κ1) is 17.6. The Labute approximate surface area is 107 Å². The number of carbonyl (C=O) groups excluding carboxylic acids is 3. The maximum Gasteiger partial charge on any atom is 0.323 e. The van der Waals surface area contributed by atoms with E-state index in [9.17, 15) is 9.59 Å². The third kappa shape index (κ3) is 5.33. The molecule has 0 N–H and O–H groups in total. The Hall–Kier alpha value is -0.806. The van der Waals surface area contributed by atoms with Crippen LogP contribution in [0.2, 0.25) is 0 Å². The van der Waals surface area contributed by atoms with Crippen LogP contribution < -0.4 is 0 Å².